The SMILES string of the molecule is [CH]=C(C)/C(C)=C/CCCC. The van der Waals surface area contributed by atoms with Gasteiger partial charge in [-0.2, -0.15) is 0 Å². The van der Waals surface area contributed by atoms with E-state index < -0.39 is 0 Å². The summed E-state index contributed by atoms with van der Waals surface area (Å²) >= 11 is 0. The molecule has 0 amide bonds. The Balaban J connectivity index is 3.58. The minimum Gasteiger partial charge on any atom is -0.0813 e. The van der Waals surface area contributed by atoms with Gasteiger partial charge in [-0.05, 0) is 25.8 Å². The van der Waals surface area contributed by atoms with Crippen molar-refractivity contribution in [1.29, 1.82) is 0 Å². The molecule has 0 bridgehead atoms. The normalized spacial score (nSPS) is 11.7. The Morgan fingerprint density at radius 1 is 1.40 bits per heavy atom. The van der Waals surface area contributed by atoms with E-state index in [4.69, 9.17) is 6.58 Å². The molecule has 0 unspecified atom stereocenters. The molecule has 0 aromatic heterocycles. The van der Waals surface area contributed by atoms with E-state index >= 15 is 0 Å². The van der Waals surface area contributed by atoms with Crippen LogP contribution in [0.25, 0.3) is 0 Å². The van der Waals surface area contributed by atoms with Gasteiger partial charge in [-0.25, -0.2) is 0 Å². The summed E-state index contributed by atoms with van der Waals surface area (Å²) in [5.74, 6) is 0. The van der Waals surface area contributed by atoms with Gasteiger partial charge in [0.1, 0.15) is 0 Å². The lowest BCUT2D eigenvalue weighted by Crippen LogP contribution is -1.76. The van der Waals surface area contributed by atoms with E-state index in [0.717, 1.165) is 12.0 Å². The summed E-state index contributed by atoms with van der Waals surface area (Å²) < 4.78 is 0. The third-order valence-corrected chi connectivity index (χ3v) is 1.63. The molecule has 10 heavy (non-hydrogen) atoms. The van der Waals surface area contributed by atoms with Crippen LogP contribution < -0.4 is 0 Å². The number of allylic oxidation sites excluding steroid dienone is 3. The zero-order chi connectivity index (χ0) is 7.98. The Morgan fingerprint density at radius 3 is 2.40 bits per heavy atom. The minimum absolute atomic E-state index is 0.941. The number of unbranched alkanes of at least 4 members (excludes halogenated alkanes) is 2. The molecule has 0 saturated carbocycles. The fraction of sp³-hybridized carbons (Fsp3) is 0.600. The summed E-state index contributed by atoms with van der Waals surface area (Å²) in [6.07, 6.45) is 5.90. The van der Waals surface area contributed by atoms with E-state index in [1.807, 2.05) is 6.92 Å². The molecule has 57 valence electrons. The van der Waals surface area contributed by atoms with E-state index in [0.29, 0.717) is 0 Å². The molecule has 0 nitrogen and oxygen atoms in total. The first kappa shape index (κ1) is 9.48. The molecule has 0 aromatic carbocycles. The predicted octanol–water partition coefficient (Wildman–Crippen LogP) is 3.50. The molecular formula is C10H17. The molecule has 0 aliphatic heterocycles. The van der Waals surface area contributed by atoms with E-state index in [9.17, 15) is 0 Å². The molecule has 0 fully saturated rings. The highest BCUT2D eigenvalue weighted by molar-refractivity contribution is 5.21. The quantitative estimate of drug-likeness (QED) is 0.411. The molecule has 0 aliphatic carbocycles. The summed E-state index contributed by atoms with van der Waals surface area (Å²) in [5.41, 5.74) is 2.17. The Hall–Kier alpha value is -0.520. The van der Waals surface area contributed by atoms with Gasteiger partial charge in [0.15, 0.2) is 0 Å². The van der Waals surface area contributed by atoms with Crippen molar-refractivity contribution in [1.82, 2.24) is 0 Å². The Labute approximate surface area is 64.6 Å². The van der Waals surface area contributed by atoms with Crippen molar-refractivity contribution < 1.29 is 0 Å². The molecular weight excluding hydrogens is 120 g/mol. The Bertz CT molecular complexity index is 129. The fourth-order valence-corrected chi connectivity index (χ4v) is 0.684. The van der Waals surface area contributed by atoms with E-state index in [-0.39, 0.29) is 0 Å². The van der Waals surface area contributed by atoms with Gasteiger partial charge in [0.25, 0.3) is 0 Å². The highest BCUT2D eigenvalue weighted by Gasteiger charge is 1.87. The molecule has 0 N–H and O–H groups in total. The first-order chi connectivity index (χ1) is 4.68. The van der Waals surface area contributed by atoms with Crippen molar-refractivity contribution in [3.63, 3.8) is 0 Å². The zero-order valence-electron chi connectivity index (χ0n) is 7.28. The lowest BCUT2D eigenvalue weighted by Gasteiger charge is -1.97. The molecule has 0 saturated heterocycles. The molecule has 0 heterocycles. The third-order valence-electron chi connectivity index (χ3n) is 1.63. The van der Waals surface area contributed by atoms with Gasteiger partial charge >= 0.3 is 0 Å². The lowest BCUT2D eigenvalue weighted by molar-refractivity contribution is 0.811. The van der Waals surface area contributed by atoms with E-state index in [1.54, 1.807) is 0 Å². The minimum atomic E-state index is 0.941. The van der Waals surface area contributed by atoms with Gasteiger partial charge in [-0.3, -0.25) is 0 Å². The average Bonchev–Trinajstić information content (AvgIpc) is 1.88. The van der Waals surface area contributed by atoms with Crippen LogP contribution in [0.5, 0.6) is 0 Å². The molecule has 1 radical (unpaired) electrons. The highest BCUT2D eigenvalue weighted by atomic mass is 13.9. The smallest absolute Gasteiger partial charge is 0.0345 e. The average molecular weight is 137 g/mol. The van der Waals surface area contributed by atoms with Crippen LogP contribution >= 0.6 is 0 Å². The van der Waals surface area contributed by atoms with Gasteiger partial charge < -0.3 is 0 Å². The maximum atomic E-state index is 5.57. The lowest BCUT2D eigenvalue weighted by atomic mass is 10.1. The monoisotopic (exact) mass is 137 g/mol. The number of rotatable bonds is 4. The second kappa shape index (κ2) is 5.28. The molecule has 0 heteroatoms. The molecule has 0 aromatic rings. The summed E-state index contributed by atoms with van der Waals surface area (Å²) in [6, 6.07) is 0. The van der Waals surface area contributed by atoms with Crippen LogP contribution in [0.4, 0.5) is 0 Å². The third kappa shape index (κ3) is 4.37. The second-order valence-electron chi connectivity index (χ2n) is 2.71. The Morgan fingerprint density at radius 2 is 2.00 bits per heavy atom. The number of hydrogen-bond acceptors (Lipinski definition) is 0. The van der Waals surface area contributed by atoms with Crippen LogP contribution in [0.2, 0.25) is 0 Å². The zero-order valence-corrected chi connectivity index (χ0v) is 7.28. The van der Waals surface area contributed by atoms with Crippen molar-refractivity contribution in [2.75, 3.05) is 0 Å². The predicted molar refractivity (Wildman–Crippen MR) is 46.8 cm³/mol. The van der Waals surface area contributed by atoms with Crippen LogP contribution in [0, 0.1) is 6.58 Å². The maximum absolute atomic E-state index is 5.57. The van der Waals surface area contributed by atoms with Crippen molar-refractivity contribution in [2.24, 2.45) is 0 Å². The van der Waals surface area contributed by atoms with Crippen molar-refractivity contribution in [3.05, 3.63) is 23.8 Å². The summed E-state index contributed by atoms with van der Waals surface area (Å²) in [6.45, 7) is 11.8. The van der Waals surface area contributed by atoms with Crippen LogP contribution in [-0.4, -0.2) is 0 Å². The molecule has 0 rings (SSSR count). The second-order valence-corrected chi connectivity index (χ2v) is 2.71. The van der Waals surface area contributed by atoms with Gasteiger partial charge in [0, 0.05) is 0 Å². The van der Waals surface area contributed by atoms with Gasteiger partial charge in [0.2, 0.25) is 0 Å². The maximum Gasteiger partial charge on any atom is -0.0345 e. The van der Waals surface area contributed by atoms with Gasteiger partial charge in [-0.15, -0.1) is 0 Å². The molecule has 0 aliphatic rings. The molecule has 0 atom stereocenters. The van der Waals surface area contributed by atoms with Gasteiger partial charge in [0.05, 0.1) is 0 Å². The van der Waals surface area contributed by atoms with E-state index in [1.165, 1.54) is 18.4 Å². The topological polar surface area (TPSA) is 0 Å². The van der Waals surface area contributed by atoms with Crippen molar-refractivity contribution in [2.45, 2.75) is 40.0 Å². The van der Waals surface area contributed by atoms with Crippen LogP contribution in [0.1, 0.15) is 40.0 Å². The number of hydrogen-bond donors (Lipinski definition) is 0. The van der Waals surface area contributed by atoms with Crippen LogP contribution in [-0.2, 0) is 0 Å². The van der Waals surface area contributed by atoms with Crippen LogP contribution in [0.15, 0.2) is 17.2 Å². The van der Waals surface area contributed by atoms with Crippen molar-refractivity contribution >= 4 is 0 Å². The highest BCUT2D eigenvalue weighted by Crippen LogP contribution is 2.07. The van der Waals surface area contributed by atoms with Crippen LogP contribution in [0.3, 0.4) is 0 Å². The standard InChI is InChI=1S/C10H17/c1-5-6-7-8-10(4)9(2)3/h2,8H,5-7H2,1,3-4H3/b9-2?,10-8+. The fourth-order valence-electron chi connectivity index (χ4n) is 0.684. The first-order valence-corrected chi connectivity index (χ1v) is 3.94. The first-order valence-electron chi connectivity index (χ1n) is 3.94. The van der Waals surface area contributed by atoms with Gasteiger partial charge in [-0.1, -0.05) is 38.0 Å². The molecule has 0 spiro atoms. The summed E-state index contributed by atoms with van der Waals surface area (Å²) in [7, 11) is 0. The summed E-state index contributed by atoms with van der Waals surface area (Å²) in [4.78, 5) is 0. The van der Waals surface area contributed by atoms with E-state index in [2.05, 4.69) is 19.9 Å². The van der Waals surface area contributed by atoms with Crippen molar-refractivity contribution in [3.8, 4) is 0 Å². The Kier molecular flexibility index (Phi) is 5.00. The largest absolute Gasteiger partial charge is 0.0813 e. The summed E-state index contributed by atoms with van der Waals surface area (Å²) in [5, 5.41) is 0.